The zero-order valence-corrected chi connectivity index (χ0v) is 9.46. The van der Waals surface area contributed by atoms with Gasteiger partial charge in [-0.3, -0.25) is 4.57 Å². The minimum absolute atomic E-state index is 0.0716. The summed E-state index contributed by atoms with van der Waals surface area (Å²) in [6, 6.07) is 0. The molecular formula is C9H16N4O3. The quantitative estimate of drug-likeness (QED) is 0.567. The Hall–Kier alpha value is -1.63. The van der Waals surface area contributed by atoms with Gasteiger partial charge in [0.15, 0.2) is 0 Å². The van der Waals surface area contributed by atoms with Crippen molar-refractivity contribution in [1.82, 2.24) is 9.55 Å². The molecule has 0 aromatic carbocycles. The van der Waals surface area contributed by atoms with E-state index in [4.69, 9.17) is 5.11 Å². The van der Waals surface area contributed by atoms with Gasteiger partial charge >= 0.3 is 5.82 Å². The number of aliphatic hydroxyl groups excluding tert-OH is 1. The smallest absolute Gasteiger partial charge is 0.396 e. The molecule has 90 valence electrons. The van der Waals surface area contributed by atoms with Crippen molar-refractivity contribution in [1.29, 1.82) is 0 Å². The van der Waals surface area contributed by atoms with Crippen LogP contribution in [0.15, 0.2) is 6.33 Å². The summed E-state index contributed by atoms with van der Waals surface area (Å²) < 4.78 is 1.62. The maximum Gasteiger partial charge on any atom is 0.406 e. The van der Waals surface area contributed by atoms with Gasteiger partial charge in [0.2, 0.25) is 12.1 Å². The number of hydrogen-bond donors (Lipinski definition) is 1. The average Bonchev–Trinajstić information content (AvgIpc) is 2.62. The van der Waals surface area contributed by atoms with Gasteiger partial charge in [-0.05, 0) is 23.3 Å². The molecule has 0 saturated heterocycles. The SMILES string of the molecule is CCN(CCCO)c1c([N+](=O)[O-])ncn1C. The minimum Gasteiger partial charge on any atom is -0.396 e. The number of aryl methyl sites for hydroxylation is 1. The van der Waals surface area contributed by atoms with Crippen LogP contribution in [-0.4, -0.2) is 39.3 Å². The maximum absolute atomic E-state index is 10.8. The molecule has 0 bridgehead atoms. The Morgan fingerprint density at radius 2 is 2.38 bits per heavy atom. The van der Waals surface area contributed by atoms with Crippen molar-refractivity contribution < 1.29 is 10.0 Å². The van der Waals surface area contributed by atoms with E-state index in [-0.39, 0.29) is 12.4 Å². The van der Waals surface area contributed by atoms with Crippen LogP contribution in [0.3, 0.4) is 0 Å². The first-order valence-electron chi connectivity index (χ1n) is 5.13. The van der Waals surface area contributed by atoms with Crippen LogP contribution in [0.25, 0.3) is 0 Å². The number of nitro groups is 1. The summed E-state index contributed by atoms with van der Waals surface area (Å²) in [6.45, 7) is 3.20. The second-order valence-electron chi connectivity index (χ2n) is 3.42. The minimum atomic E-state index is -0.489. The zero-order valence-electron chi connectivity index (χ0n) is 9.46. The Labute approximate surface area is 93.5 Å². The van der Waals surface area contributed by atoms with Crippen molar-refractivity contribution in [2.24, 2.45) is 7.05 Å². The van der Waals surface area contributed by atoms with Crippen LogP contribution in [0.4, 0.5) is 11.6 Å². The largest absolute Gasteiger partial charge is 0.406 e. The number of aromatic nitrogens is 2. The topological polar surface area (TPSA) is 84.4 Å². The van der Waals surface area contributed by atoms with Gasteiger partial charge < -0.3 is 20.1 Å². The second-order valence-corrected chi connectivity index (χ2v) is 3.42. The third-order valence-corrected chi connectivity index (χ3v) is 2.33. The molecule has 1 heterocycles. The van der Waals surface area contributed by atoms with Crippen molar-refractivity contribution >= 4 is 11.6 Å². The summed E-state index contributed by atoms with van der Waals surface area (Å²) in [4.78, 5) is 15.9. The second kappa shape index (κ2) is 5.45. The molecule has 0 atom stereocenters. The van der Waals surface area contributed by atoms with E-state index < -0.39 is 4.92 Å². The van der Waals surface area contributed by atoms with E-state index in [1.54, 1.807) is 11.6 Å². The maximum atomic E-state index is 10.8. The Morgan fingerprint density at radius 3 is 2.88 bits per heavy atom. The number of nitrogens with zero attached hydrogens (tertiary/aromatic N) is 4. The van der Waals surface area contributed by atoms with Crippen LogP contribution in [0.1, 0.15) is 13.3 Å². The third kappa shape index (κ3) is 2.48. The molecule has 0 saturated carbocycles. The lowest BCUT2D eigenvalue weighted by Gasteiger charge is -2.21. The van der Waals surface area contributed by atoms with E-state index in [0.29, 0.717) is 25.3 Å². The zero-order chi connectivity index (χ0) is 12.1. The van der Waals surface area contributed by atoms with E-state index in [2.05, 4.69) is 4.98 Å². The standard InChI is InChI=1S/C9H16N4O3/c1-3-12(5-4-6-14)9-8(13(15)16)10-7-11(9)2/h7,14H,3-6H2,1-2H3. The van der Waals surface area contributed by atoms with Crippen LogP contribution in [-0.2, 0) is 7.05 Å². The average molecular weight is 228 g/mol. The van der Waals surface area contributed by atoms with Crippen molar-refractivity contribution in [3.8, 4) is 0 Å². The van der Waals surface area contributed by atoms with Crippen LogP contribution in [0, 0.1) is 10.1 Å². The first-order valence-corrected chi connectivity index (χ1v) is 5.13. The summed E-state index contributed by atoms with van der Waals surface area (Å²) in [5.41, 5.74) is 0. The first-order chi connectivity index (χ1) is 7.61. The molecule has 0 aliphatic rings. The lowest BCUT2D eigenvalue weighted by atomic mass is 10.4. The normalized spacial score (nSPS) is 10.4. The highest BCUT2D eigenvalue weighted by Gasteiger charge is 2.24. The molecule has 0 radical (unpaired) electrons. The highest BCUT2D eigenvalue weighted by molar-refractivity contribution is 5.54. The van der Waals surface area contributed by atoms with Gasteiger partial charge in [0.25, 0.3) is 0 Å². The fraction of sp³-hybridized carbons (Fsp3) is 0.667. The van der Waals surface area contributed by atoms with Crippen LogP contribution in [0.2, 0.25) is 0 Å². The van der Waals surface area contributed by atoms with Gasteiger partial charge in [-0.2, -0.15) is 0 Å². The van der Waals surface area contributed by atoms with Crippen molar-refractivity contribution in [2.45, 2.75) is 13.3 Å². The summed E-state index contributed by atoms with van der Waals surface area (Å²) in [5, 5.41) is 19.6. The molecule has 0 spiro atoms. The molecule has 16 heavy (non-hydrogen) atoms. The molecule has 1 N–H and O–H groups in total. The van der Waals surface area contributed by atoms with Crippen LogP contribution >= 0.6 is 0 Å². The molecule has 7 nitrogen and oxygen atoms in total. The number of rotatable bonds is 6. The summed E-state index contributed by atoms with van der Waals surface area (Å²) in [7, 11) is 1.72. The predicted octanol–water partition coefficient (Wildman–Crippen LogP) is 0.537. The fourth-order valence-corrected chi connectivity index (χ4v) is 1.58. The Morgan fingerprint density at radius 1 is 1.69 bits per heavy atom. The predicted molar refractivity (Wildman–Crippen MR) is 59.5 cm³/mol. The molecule has 0 aliphatic carbocycles. The Bertz CT molecular complexity index is 364. The third-order valence-electron chi connectivity index (χ3n) is 2.33. The van der Waals surface area contributed by atoms with E-state index in [1.807, 2.05) is 11.8 Å². The molecule has 0 aliphatic heterocycles. The Kier molecular flexibility index (Phi) is 4.24. The highest BCUT2D eigenvalue weighted by atomic mass is 16.6. The summed E-state index contributed by atoms with van der Waals surface area (Å²) in [5.74, 6) is 0.350. The molecule has 0 amide bonds. The lowest BCUT2D eigenvalue weighted by molar-refractivity contribution is -0.388. The molecule has 7 heteroatoms. The number of imidazole rings is 1. The van der Waals surface area contributed by atoms with E-state index in [0.717, 1.165) is 0 Å². The fourth-order valence-electron chi connectivity index (χ4n) is 1.58. The summed E-state index contributed by atoms with van der Waals surface area (Å²) in [6.07, 6.45) is 2.01. The van der Waals surface area contributed by atoms with Crippen LogP contribution < -0.4 is 4.90 Å². The van der Waals surface area contributed by atoms with E-state index in [1.165, 1.54) is 6.33 Å². The van der Waals surface area contributed by atoms with Gasteiger partial charge in [-0.15, -0.1) is 0 Å². The number of aliphatic hydroxyl groups is 1. The molecule has 0 fully saturated rings. The van der Waals surface area contributed by atoms with E-state index >= 15 is 0 Å². The molecule has 1 rings (SSSR count). The first kappa shape index (κ1) is 12.4. The van der Waals surface area contributed by atoms with Gasteiger partial charge in [-0.25, -0.2) is 0 Å². The highest BCUT2D eigenvalue weighted by Crippen LogP contribution is 2.25. The Balaban J connectivity index is 2.98. The van der Waals surface area contributed by atoms with Gasteiger partial charge in [0.1, 0.15) is 0 Å². The molecular weight excluding hydrogens is 212 g/mol. The monoisotopic (exact) mass is 228 g/mol. The molecule has 1 aromatic rings. The van der Waals surface area contributed by atoms with Crippen molar-refractivity contribution in [3.05, 3.63) is 16.4 Å². The van der Waals surface area contributed by atoms with Gasteiger partial charge in [-0.1, -0.05) is 0 Å². The van der Waals surface area contributed by atoms with Gasteiger partial charge in [0, 0.05) is 26.7 Å². The van der Waals surface area contributed by atoms with Crippen molar-refractivity contribution in [2.75, 3.05) is 24.6 Å². The number of hydrogen-bond acceptors (Lipinski definition) is 5. The van der Waals surface area contributed by atoms with Gasteiger partial charge in [0.05, 0.1) is 0 Å². The van der Waals surface area contributed by atoms with E-state index in [9.17, 15) is 10.1 Å². The lowest BCUT2D eigenvalue weighted by Crippen LogP contribution is -2.27. The molecule has 0 unspecified atom stereocenters. The molecule has 1 aromatic heterocycles. The summed E-state index contributed by atoms with van der Waals surface area (Å²) >= 11 is 0. The van der Waals surface area contributed by atoms with Crippen molar-refractivity contribution in [3.63, 3.8) is 0 Å². The number of anilines is 1. The van der Waals surface area contributed by atoms with Crippen LogP contribution in [0.5, 0.6) is 0 Å².